The van der Waals surface area contributed by atoms with Crippen LogP contribution in [0.15, 0.2) is 24.3 Å². The first-order valence-corrected chi connectivity index (χ1v) is 7.52. The number of nitrogens with zero attached hydrogens (tertiary/aromatic N) is 1. The van der Waals surface area contributed by atoms with E-state index >= 15 is 0 Å². The van der Waals surface area contributed by atoms with Crippen molar-refractivity contribution < 1.29 is 4.74 Å². The van der Waals surface area contributed by atoms with E-state index in [0.717, 1.165) is 18.2 Å². The number of hydrogen-bond donors (Lipinski definition) is 1. The third-order valence-electron chi connectivity index (χ3n) is 4.50. The Morgan fingerprint density at radius 2 is 1.95 bits per heavy atom. The molecule has 3 nitrogen and oxygen atoms in total. The molecule has 1 aliphatic rings. The molecular weight excluding hydrogens is 248 g/mol. The largest absolute Gasteiger partial charge is 0.497 e. The van der Waals surface area contributed by atoms with Crippen molar-refractivity contribution in [3.8, 4) is 5.75 Å². The van der Waals surface area contributed by atoms with Crippen molar-refractivity contribution in [3.63, 3.8) is 0 Å². The summed E-state index contributed by atoms with van der Waals surface area (Å²) in [4.78, 5) is 2.50. The summed E-state index contributed by atoms with van der Waals surface area (Å²) in [5.41, 5.74) is 7.93. The van der Waals surface area contributed by atoms with Crippen molar-refractivity contribution in [1.29, 1.82) is 0 Å². The van der Waals surface area contributed by atoms with Gasteiger partial charge >= 0.3 is 0 Å². The number of methoxy groups -OCH3 is 1. The summed E-state index contributed by atoms with van der Waals surface area (Å²) in [5, 5.41) is 0. The molecule has 1 aliphatic heterocycles. The van der Waals surface area contributed by atoms with Crippen LogP contribution in [-0.2, 0) is 0 Å². The zero-order valence-electron chi connectivity index (χ0n) is 13.2. The number of hydrogen-bond acceptors (Lipinski definition) is 3. The Hall–Kier alpha value is -1.06. The van der Waals surface area contributed by atoms with Crippen LogP contribution in [0, 0.1) is 11.3 Å². The molecule has 2 atom stereocenters. The first-order valence-electron chi connectivity index (χ1n) is 7.52. The maximum absolute atomic E-state index is 6.34. The molecule has 0 spiro atoms. The lowest BCUT2D eigenvalue weighted by Gasteiger charge is -2.28. The quantitative estimate of drug-likeness (QED) is 0.918. The van der Waals surface area contributed by atoms with Crippen molar-refractivity contribution in [3.05, 3.63) is 29.8 Å². The van der Waals surface area contributed by atoms with Crippen LogP contribution in [0.3, 0.4) is 0 Å². The van der Waals surface area contributed by atoms with Gasteiger partial charge in [0.15, 0.2) is 0 Å². The maximum Gasteiger partial charge on any atom is 0.118 e. The van der Waals surface area contributed by atoms with E-state index in [9.17, 15) is 0 Å². The molecule has 1 fully saturated rings. The molecule has 0 bridgehead atoms. The van der Waals surface area contributed by atoms with Gasteiger partial charge in [-0.25, -0.2) is 0 Å². The van der Waals surface area contributed by atoms with E-state index in [1.165, 1.54) is 25.1 Å². The third kappa shape index (κ3) is 3.74. The van der Waals surface area contributed by atoms with Gasteiger partial charge in [0.05, 0.1) is 7.11 Å². The number of rotatable bonds is 4. The van der Waals surface area contributed by atoms with Crippen LogP contribution in [0.4, 0.5) is 0 Å². The Bertz CT molecular complexity index is 422. The standard InChI is InChI=1S/C17H28N2O/c1-17(2,3)14-9-10-19(11-14)12-16(18)13-5-7-15(20-4)8-6-13/h5-8,14,16H,9-12,18H2,1-4H3. The normalized spacial score (nSPS) is 21.9. The highest BCUT2D eigenvalue weighted by Crippen LogP contribution is 2.34. The number of nitrogens with two attached hydrogens (primary N) is 1. The molecule has 0 amide bonds. The second-order valence-corrected chi connectivity index (χ2v) is 6.99. The fraction of sp³-hybridized carbons (Fsp3) is 0.647. The Balaban J connectivity index is 1.90. The molecule has 1 aromatic carbocycles. The van der Waals surface area contributed by atoms with Gasteiger partial charge in [0.2, 0.25) is 0 Å². The van der Waals surface area contributed by atoms with Crippen molar-refractivity contribution in [2.75, 3.05) is 26.7 Å². The molecule has 1 aromatic rings. The van der Waals surface area contributed by atoms with Gasteiger partial charge in [-0.05, 0) is 42.0 Å². The summed E-state index contributed by atoms with van der Waals surface area (Å²) in [7, 11) is 1.69. The fourth-order valence-electron chi connectivity index (χ4n) is 2.94. The molecule has 2 unspecified atom stereocenters. The van der Waals surface area contributed by atoms with Crippen LogP contribution < -0.4 is 10.5 Å². The van der Waals surface area contributed by atoms with Gasteiger partial charge < -0.3 is 15.4 Å². The number of ether oxygens (including phenoxy) is 1. The number of benzene rings is 1. The first kappa shape index (κ1) is 15.3. The monoisotopic (exact) mass is 276 g/mol. The Morgan fingerprint density at radius 3 is 2.45 bits per heavy atom. The molecular formula is C17H28N2O. The zero-order chi connectivity index (χ0) is 14.8. The van der Waals surface area contributed by atoms with Gasteiger partial charge in [-0.3, -0.25) is 0 Å². The van der Waals surface area contributed by atoms with E-state index in [2.05, 4.69) is 37.8 Å². The van der Waals surface area contributed by atoms with Gasteiger partial charge in [0.25, 0.3) is 0 Å². The minimum atomic E-state index is 0.0830. The maximum atomic E-state index is 6.34. The topological polar surface area (TPSA) is 38.5 Å². The zero-order valence-corrected chi connectivity index (χ0v) is 13.2. The lowest BCUT2D eigenvalue weighted by molar-refractivity contribution is 0.224. The highest BCUT2D eigenvalue weighted by molar-refractivity contribution is 5.29. The van der Waals surface area contributed by atoms with E-state index in [1.54, 1.807) is 7.11 Å². The third-order valence-corrected chi connectivity index (χ3v) is 4.50. The molecule has 0 aromatic heterocycles. The summed E-state index contributed by atoms with van der Waals surface area (Å²) in [6.07, 6.45) is 1.29. The molecule has 3 heteroatoms. The molecule has 0 saturated carbocycles. The van der Waals surface area contributed by atoms with Gasteiger partial charge in [0.1, 0.15) is 5.75 Å². The summed E-state index contributed by atoms with van der Waals surface area (Å²) in [5.74, 6) is 1.67. The SMILES string of the molecule is COc1ccc(C(N)CN2CCC(C(C)(C)C)C2)cc1. The minimum Gasteiger partial charge on any atom is -0.497 e. The predicted octanol–water partition coefficient (Wildman–Crippen LogP) is 3.06. The van der Waals surface area contributed by atoms with Crippen LogP contribution >= 0.6 is 0 Å². The molecule has 20 heavy (non-hydrogen) atoms. The predicted molar refractivity (Wildman–Crippen MR) is 83.9 cm³/mol. The van der Waals surface area contributed by atoms with E-state index in [0.29, 0.717) is 5.41 Å². The van der Waals surface area contributed by atoms with Crippen molar-refractivity contribution in [2.24, 2.45) is 17.1 Å². The van der Waals surface area contributed by atoms with Crippen LogP contribution in [0.5, 0.6) is 5.75 Å². The molecule has 2 rings (SSSR count). The van der Waals surface area contributed by atoms with Crippen molar-refractivity contribution in [2.45, 2.75) is 33.2 Å². The van der Waals surface area contributed by atoms with Gasteiger partial charge in [-0.2, -0.15) is 0 Å². The summed E-state index contributed by atoms with van der Waals surface area (Å²) in [6.45, 7) is 10.3. The smallest absolute Gasteiger partial charge is 0.118 e. The lowest BCUT2D eigenvalue weighted by Crippen LogP contribution is -2.32. The van der Waals surface area contributed by atoms with Crippen molar-refractivity contribution >= 4 is 0 Å². The van der Waals surface area contributed by atoms with E-state index in [-0.39, 0.29) is 6.04 Å². The first-order chi connectivity index (χ1) is 9.40. The molecule has 2 N–H and O–H groups in total. The lowest BCUT2D eigenvalue weighted by atomic mass is 9.80. The summed E-state index contributed by atoms with van der Waals surface area (Å²) < 4.78 is 5.18. The average molecular weight is 276 g/mol. The summed E-state index contributed by atoms with van der Waals surface area (Å²) in [6, 6.07) is 8.19. The second kappa shape index (κ2) is 6.15. The Kier molecular flexibility index (Phi) is 4.71. The Labute approximate surface area is 123 Å². The molecule has 1 saturated heterocycles. The van der Waals surface area contributed by atoms with Crippen LogP contribution in [-0.4, -0.2) is 31.6 Å². The van der Waals surface area contributed by atoms with Gasteiger partial charge in [0, 0.05) is 19.1 Å². The minimum absolute atomic E-state index is 0.0830. The average Bonchev–Trinajstić information content (AvgIpc) is 2.87. The number of likely N-dealkylation sites (tertiary alicyclic amines) is 1. The van der Waals surface area contributed by atoms with Crippen LogP contribution in [0.25, 0.3) is 0 Å². The highest BCUT2D eigenvalue weighted by atomic mass is 16.5. The van der Waals surface area contributed by atoms with Crippen LogP contribution in [0.2, 0.25) is 0 Å². The fourth-order valence-corrected chi connectivity index (χ4v) is 2.94. The van der Waals surface area contributed by atoms with Crippen molar-refractivity contribution in [1.82, 2.24) is 4.90 Å². The molecule has 112 valence electrons. The van der Waals surface area contributed by atoms with Gasteiger partial charge in [-0.15, -0.1) is 0 Å². The molecule has 0 radical (unpaired) electrons. The molecule has 0 aliphatic carbocycles. The Morgan fingerprint density at radius 1 is 1.30 bits per heavy atom. The van der Waals surface area contributed by atoms with E-state index in [4.69, 9.17) is 10.5 Å². The van der Waals surface area contributed by atoms with Crippen LogP contribution in [0.1, 0.15) is 38.8 Å². The van der Waals surface area contributed by atoms with E-state index < -0.39 is 0 Å². The molecule has 1 heterocycles. The van der Waals surface area contributed by atoms with E-state index in [1.807, 2.05) is 12.1 Å². The summed E-state index contributed by atoms with van der Waals surface area (Å²) >= 11 is 0. The highest BCUT2D eigenvalue weighted by Gasteiger charge is 2.32. The second-order valence-electron chi connectivity index (χ2n) is 6.99. The van der Waals surface area contributed by atoms with Gasteiger partial charge in [-0.1, -0.05) is 32.9 Å².